The first-order valence-electron chi connectivity index (χ1n) is 5.97. The van der Waals surface area contributed by atoms with E-state index in [2.05, 4.69) is 25.9 Å². The van der Waals surface area contributed by atoms with E-state index in [9.17, 15) is 4.39 Å². The van der Waals surface area contributed by atoms with Crippen molar-refractivity contribution in [3.05, 3.63) is 41.8 Å². The molecule has 3 nitrogen and oxygen atoms in total. The van der Waals surface area contributed by atoms with Crippen molar-refractivity contribution in [2.24, 2.45) is 5.73 Å². The van der Waals surface area contributed by atoms with E-state index in [1.165, 1.54) is 12.1 Å². The quantitative estimate of drug-likeness (QED) is 0.886. The van der Waals surface area contributed by atoms with E-state index in [1.54, 1.807) is 12.1 Å². The van der Waals surface area contributed by atoms with Crippen LogP contribution in [0.3, 0.4) is 0 Å². The fourth-order valence-corrected chi connectivity index (χ4v) is 1.75. The highest BCUT2D eigenvalue weighted by Gasteiger charge is 2.18. The highest BCUT2D eigenvalue weighted by molar-refractivity contribution is 5.62. The summed E-state index contributed by atoms with van der Waals surface area (Å²) >= 11 is 0. The van der Waals surface area contributed by atoms with Gasteiger partial charge in [-0.15, -0.1) is 0 Å². The average Bonchev–Trinajstić information content (AvgIpc) is 2.73. The van der Waals surface area contributed by atoms with E-state index < -0.39 is 0 Å². The lowest BCUT2D eigenvalue weighted by Gasteiger charge is -2.18. The van der Waals surface area contributed by atoms with Gasteiger partial charge in [0, 0.05) is 23.9 Å². The molecule has 0 atom stereocenters. The lowest BCUT2D eigenvalue weighted by atomic mass is 10.1. The monoisotopic (exact) mass is 247 g/mol. The number of rotatable bonds is 2. The summed E-state index contributed by atoms with van der Waals surface area (Å²) in [4.78, 5) is 0. The summed E-state index contributed by atoms with van der Waals surface area (Å²) in [5.41, 5.74) is 8.34. The van der Waals surface area contributed by atoms with Crippen molar-refractivity contribution in [3.8, 4) is 11.3 Å². The fourth-order valence-electron chi connectivity index (χ4n) is 1.75. The zero-order chi connectivity index (χ0) is 13.3. The number of benzene rings is 1. The molecule has 0 fully saturated rings. The van der Waals surface area contributed by atoms with Crippen molar-refractivity contribution in [2.75, 3.05) is 0 Å². The van der Waals surface area contributed by atoms with Crippen LogP contribution in [0.1, 0.15) is 26.3 Å². The van der Waals surface area contributed by atoms with Crippen LogP contribution in [0.2, 0.25) is 0 Å². The molecule has 0 aliphatic heterocycles. The van der Waals surface area contributed by atoms with E-state index in [0.717, 1.165) is 16.8 Å². The van der Waals surface area contributed by atoms with E-state index in [1.807, 2.05) is 10.9 Å². The number of nitrogens with two attached hydrogens (primary N) is 1. The number of halogens is 1. The van der Waals surface area contributed by atoms with Crippen LogP contribution in [0.15, 0.2) is 30.5 Å². The van der Waals surface area contributed by atoms with E-state index >= 15 is 0 Å². The minimum atomic E-state index is -0.247. The molecule has 0 spiro atoms. The van der Waals surface area contributed by atoms with Gasteiger partial charge in [0.2, 0.25) is 0 Å². The van der Waals surface area contributed by atoms with Gasteiger partial charge in [-0.25, -0.2) is 4.39 Å². The first kappa shape index (κ1) is 12.8. The van der Waals surface area contributed by atoms with Gasteiger partial charge in [-0.05, 0) is 45.0 Å². The van der Waals surface area contributed by atoms with Crippen molar-refractivity contribution < 1.29 is 4.39 Å². The van der Waals surface area contributed by atoms with Crippen LogP contribution in [0, 0.1) is 5.82 Å². The van der Waals surface area contributed by atoms with Gasteiger partial charge < -0.3 is 5.73 Å². The van der Waals surface area contributed by atoms with Crippen LogP contribution in [-0.4, -0.2) is 9.78 Å². The maximum Gasteiger partial charge on any atom is 0.123 e. The molecule has 2 aromatic rings. The van der Waals surface area contributed by atoms with Crippen LogP contribution in [0.5, 0.6) is 0 Å². The lowest BCUT2D eigenvalue weighted by Crippen LogP contribution is -2.22. The number of nitrogens with zero attached hydrogens (tertiary/aromatic N) is 2. The maximum atomic E-state index is 12.9. The molecule has 4 heteroatoms. The normalized spacial score (nSPS) is 11.8. The Labute approximate surface area is 106 Å². The molecule has 1 aromatic carbocycles. The zero-order valence-electron chi connectivity index (χ0n) is 10.9. The largest absolute Gasteiger partial charge is 0.326 e. The van der Waals surface area contributed by atoms with Gasteiger partial charge in [0.1, 0.15) is 5.82 Å². The summed E-state index contributed by atoms with van der Waals surface area (Å²) in [6.07, 6.45) is 1.96. The molecule has 2 N–H and O–H groups in total. The van der Waals surface area contributed by atoms with Crippen LogP contribution >= 0.6 is 0 Å². The summed E-state index contributed by atoms with van der Waals surface area (Å²) < 4.78 is 14.8. The Morgan fingerprint density at radius 3 is 2.33 bits per heavy atom. The van der Waals surface area contributed by atoms with Crippen molar-refractivity contribution in [3.63, 3.8) is 0 Å². The van der Waals surface area contributed by atoms with E-state index in [0.29, 0.717) is 6.54 Å². The highest BCUT2D eigenvalue weighted by Crippen LogP contribution is 2.25. The molecule has 1 heterocycles. The Kier molecular flexibility index (Phi) is 3.22. The third-order valence-corrected chi connectivity index (χ3v) is 2.81. The molecule has 1 aromatic heterocycles. The van der Waals surface area contributed by atoms with Crippen molar-refractivity contribution in [2.45, 2.75) is 32.9 Å². The summed E-state index contributed by atoms with van der Waals surface area (Å²) in [7, 11) is 0. The van der Waals surface area contributed by atoms with Gasteiger partial charge in [-0.2, -0.15) is 5.10 Å². The molecule has 96 valence electrons. The second-order valence-electron chi connectivity index (χ2n) is 5.33. The van der Waals surface area contributed by atoms with Gasteiger partial charge in [0.15, 0.2) is 0 Å². The zero-order valence-corrected chi connectivity index (χ0v) is 10.9. The predicted octanol–water partition coefficient (Wildman–Crippen LogP) is 2.90. The molecule has 2 rings (SSSR count). The van der Waals surface area contributed by atoms with Gasteiger partial charge in [0.05, 0.1) is 11.2 Å². The molecular weight excluding hydrogens is 229 g/mol. The Morgan fingerprint density at radius 1 is 1.22 bits per heavy atom. The summed E-state index contributed by atoms with van der Waals surface area (Å²) in [5.74, 6) is -0.247. The molecule has 0 saturated carbocycles. The highest BCUT2D eigenvalue weighted by atomic mass is 19.1. The Balaban J connectivity index is 2.50. The first-order valence-corrected chi connectivity index (χ1v) is 5.97. The third kappa shape index (κ3) is 2.43. The Morgan fingerprint density at radius 2 is 1.83 bits per heavy atom. The van der Waals surface area contributed by atoms with Crippen LogP contribution in [0.25, 0.3) is 11.3 Å². The van der Waals surface area contributed by atoms with Crippen molar-refractivity contribution in [1.29, 1.82) is 0 Å². The Bertz CT molecular complexity index is 535. The SMILES string of the molecule is CC(C)(C)n1cc(CN)c(-c2ccc(F)cc2)n1. The topological polar surface area (TPSA) is 43.8 Å². The molecule has 0 unspecified atom stereocenters. The minimum Gasteiger partial charge on any atom is -0.326 e. The van der Waals surface area contributed by atoms with Gasteiger partial charge in [-0.1, -0.05) is 0 Å². The van der Waals surface area contributed by atoms with Crippen LogP contribution in [-0.2, 0) is 12.1 Å². The summed E-state index contributed by atoms with van der Waals surface area (Å²) in [6, 6.07) is 6.32. The number of aromatic nitrogens is 2. The third-order valence-electron chi connectivity index (χ3n) is 2.81. The van der Waals surface area contributed by atoms with Gasteiger partial charge >= 0.3 is 0 Å². The molecule has 0 saturated heterocycles. The molecule has 0 bridgehead atoms. The van der Waals surface area contributed by atoms with Crippen molar-refractivity contribution >= 4 is 0 Å². The van der Waals surface area contributed by atoms with Crippen molar-refractivity contribution in [1.82, 2.24) is 9.78 Å². The number of hydrogen-bond donors (Lipinski definition) is 1. The predicted molar refractivity (Wildman–Crippen MR) is 70.5 cm³/mol. The molecule has 0 aliphatic carbocycles. The minimum absolute atomic E-state index is 0.0950. The molecule has 0 amide bonds. The first-order chi connectivity index (χ1) is 8.41. The lowest BCUT2D eigenvalue weighted by molar-refractivity contribution is 0.356. The Hall–Kier alpha value is -1.68. The van der Waals surface area contributed by atoms with E-state index in [-0.39, 0.29) is 11.4 Å². The molecule has 18 heavy (non-hydrogen) atoms. The van der Waals surface area contributed by atoms with Crippen LogP contribution in [0.4, 0.5) is 4.39 Å². The second kappa shape index (κ2) is 4.53. The maximum absolute atomic E-state index is 12.9. The molecular formula is C14H18FN3. The second-order valence-corrected chi connectivity index (χ2v) is 5.33. The molecule has 0 aliphatic rings. The number of hydrogen-bond acceptors (Lipinski definition) is 2. The van der Waals surface area contributed by atoms with Gasteiger partial charge in [0.25, 0.3) is 0 Å². The van der Waals surface area contributed by atoms with Gasteiger partial charge in [-0.3, -0.25) is 4.68 Å². The fraction of sp³-hybridized carbons (Fsp3) is 0.357. The van der Waals surface area contributed by atoms with E-state index in [4.69, 9.17) is 5.73 Å². The summed E-state index contributed by atoms with van der Waals surface area (Å²) in [5, 5.41) is 4.57. The van der Waals surface area contributed by atoms with Crippen LogP contribution < -0.4 is 5.73 Å². The average molecular weight is 247 g/mol. The molecule has 0 radical (unpaired) electrons. The summed E-state index contributed by atoms with van der Waals surface area (Å²) in [6.45, 7) is 6.65. The smallest absolute Gasteiger partial charge is 0.123 e. The standard InChI is InChI=1S/C14H18FN3/c1-14(2,3)18-9-11(8-16)13(17-18)10-4-6-12(15)7-5-10/h4-7,9H,8,16H2,1-3H3.